The Kier molecular flexibility index (Phi) is 18.8. The van der Waals surface area contributed by atoms with Crippen molar-refractivity contribution < 1.29 is 33.8 Å². The van der Waals surface area contributed by atoms with Gasteiger partial charge in [0.05, 0.1) is 0 Å². The average Bonchev–Trinajstić information content (AvgIpc) is 2.76. The Morgan fingerprint density at radius 1 is 0.605 bits per heavy atom. The van der Waals surface area contributed by atoms with Gasteiger partial charge in [-0.25, -0.2) is 4.79 Å². The Bertz CT molecular complexity index is 692. The van der Waals surface area contributed by atoms with E-state index in [4.69, 9.17) is 14.6 Å². The number of esters is 2. The molecule has 1 amide bonds. The molecule has 0 fully saturated rings. The normalized spacial score (nSPS) is 12.6. The Balaban J connectivity index is 3.74. The second kappa shape index (κ2) is 19.9. The summed E-state index contributed by atoms with van der Waals surface area (Å²) >= 11 is 0. The fourth-order valence-corrected chi connectivity index (χ4v) is 4.05. The molecule has 2 N–H and O–H groups in total. The van der Waals surface area contributed by atoms with Gasteiger partial charge < -0.3 is 19.9 Å². The van der Waals surface area contributed by atoms with E-state index < -0.39 is 29.2 Å². The molecule has 0 aliphatic heterocycles. The Hall–Kier alpha value is -2.12. The van der Waals surface area contributed by atoms with Gasteiger partial charge in [0.2, 0.25) is 5.91 Å². The zero-order valence-corrected chi connectivity index (χ0v) is 25.0. The monoisotopic (exact) mass is 541 g/mol. The lowest BCUT2D eigenvalue weighted by Gasteiger charge is -2.24. The number of aliphatic carboxylic acids is 1. The lowest BCUT2D eigenvalue weighted by molar-refractivity contribution is -0.159. The van der Waals surface area contributed by atoms with Gasteiger partial charge in [0.25, 0.3) is 0 Å². The minimum Gasteiger partial charge on any atom is -0.481 e. The topological polar surface area (TPSA) is 119 Å². The fourth-order valence-electron chi connectivity index (χ4n) is 4.05. The van der Waals surface area contributed by atoms with Crippen molar-refractivity contribution >= 4 is 23.8 Å². The molecular weight excluding hydrogens is 486 g/mol. The van der Waals surface area contributed by atoms with Crippen LogP contribution in [-0.4, -0.2) is 46.2 Å². The summed E-state index contributed by atoms with van der Waals surface area (Å²) in [5.74, 6) is -1.94. The van der Waals surface area contributed by atoms with Gasteiger partial charge in [0, 0.05) is 19.3 Å². The van der Waals surface area contributed by atoms with Crippen molar-refractivity contribution in [2.24, 2.45) is 0 Å². The predicted octanol–water partition coefficient (Wildman–Crippen LogP) is 6.87. The van der Waals surface area contributed by atoms with E-state index in [9.17, 15) is 19.2 Å². The molecule has 222 valence electrons. The molecule has 8 heteroatoms. The summed E-state index contributed by atoms with van der Waals surface area (Å²) in [6, 6.07) is -0.935. The highest BCUT2D eigenvalue weighted by Gasteiger charge is 2.27. The number of nitrogens with one attached hydrogen (secondary N) is 1. The van der Waals surface area contributed by atoms with Crippen LogP contribution in [0.4, 0.5) is 0 Å². The van der Waals surface area contributed by atoms with E-state index in [2.05, 4.69) is 5.32 Å². The molecule has 0 aliphatic rings. The first-order valence-electron chi connectivity index (χ1n) is 14.7. The minimum absolute atomic E-state index is 0.0179. The quantitative estimate of drug-likeness (QED) is 0.120. The number of unbranched alkanes of at least 4 members (excludes halogenated alkanes) is 12. The van der Waals surface area contributed by atoms with Crippen LogP contribution in [0.2, 0.25) is 0 Å². The lowest BCUT2D eigenvalue weighted by atomic mass is 10.0. The van der Waals surface area contributed by atoms with Gasteiger partial charge in [0.1, 0.15) is 17.2 Å². The Morgan fingerprint density at radius 3 is 1.39 bits per heavy atom. The standard InChI is InChI=1S/C30H55NO7/c1-29(2,3)37-27(35)21-19-17-15-13-11-9-7-8-10-12-14-16-18-20-25(32)31-24(22-23-26(33)34)28(36)38-30(4,5)6/h24H,7-23H2,1-6H3,(H,31,32)(H,33,34)/t24-/m0/s1. The molecule has 0 saturated carbocycles. The third-order valence-corrected chi connectivity index (χ3v) is 5.88. The summed E-state index contributed by atoms with van der Waals surface area (Å²) in [6.45, 7) is 10.9. The zero-order valence-electron chi connectivity index (χ0n) is 25.0. The smallest absolute Gasteiger partial charge is 0.329 e. The van der Waals surface area contributed by atoms with Gasteiger partial charge in [0.15, 0.2) is 0 Å². The van der Waals surface area contributed by atoms with E-state index in [1.54, 1.807) is 20.8 Å². The van der Waals surface area contributed by atoms with Crippen molar-refractivity contribution in [2.45, 2.75) is 168 Å². The van der Waals surface area contributed by atoms with Gasteiger partial charge >= 0.3 is 17.9 Å². The van der Waals surface area contributed by atoms with E-state index in [0.717, 1.165) is 38.5 Å². The molecule has 0 spiro atoms. The SMILES string of the molecule is CC(C)(C)OC(=O)CCCCCCCCCCCCCCCC(=O)N[C@@H](CCC(=O)O)C(=O)OC(C)(C)C. The highest BCUT2D eigenvalue weighted by molar-refractivity contribution is 5.85. The number of carboxylic acids is 1. The summed E-state index contributed by atoms with van der Waals surface area (Å²) in [5.41, 5.74) is -1.10. The van der Waals surface area contributed by atoms with Gasteiger partial charge in [-0.05, 0) is 60.8 Å². The van der Waals surface area contributed by atoms with E-state index in [1.807, 2.05) is 20.8 Å². The summed E-state index contributed by atoms with van der Waals surface area (Å²) < 4.78 is 10.6. The number of hydrogen-bond donors (Lipinski definition) is 2. The summed E-state index contributed by atoms with van der Waals surface area (Å²) in [7, 11) is 0. The Morgan fingerprint density at radius 2 is 1.00 bits per heavy atom. The first-order chi connectivity index (χ1) is 17.7. The van der Waals surface area contributed by atoms with E-state index >= 15 is 0 Å². The molecule has 0 aliphatic carbocycles. The van der Waals surface area contributed by atoms with Crippen molar-refractivity contribution in [2.75, 3.05) is 0 Å². The van der Waals surface area contributed by atoms with E-state index in [-0.39, 0.29) is 24.7 Å². The van der Waals surface area contributed by atoms with Gasteiger partial charge in [-0.3, -0.25) is 14.4 Å². The first kappa shape index (κ1) is 35.9. The van der Waals surface area contributed by atoms with Crippen LogP contribution in [0.5, 0.6) is 0 Å². The molecular formula is C30H55NO7. The number of ether oxygens (including phenoxy) is 2. The summed E-state index contributed by atoms with van der Waals surface area (Å²) in [4.78, 5) is 47.2. The lowest BCUT2D eigenvalue weighted by Crippen LogP contribution is -2.44. The third kappa shape index (κ3) is 24.2. The maximum absolute atomic E-state index is 12.3. The molecule has 0 heterocycles. The zero-order chi connectivity index (χ0) is 29.0. The van der Waals surface area contributed by atoms with Gasteiger partial charge in [-0.1, -0.05) is 70.6 Å². The van der Waals surface area contributed by atoms with E-state index in [0.29, 0.717) is 12.8 Å². The third-order valence-electron chi connectivity index (χ3n) is 5.88. The minimum atomic E-state index is -1.01. The molecule has 8 nitrogen and oxygen atoms in total. The average molecular weight is 542 g/mol. The number of amides is 1. The predicted molar refractivity (Wildman–Crippen MR) is 150 cm³/mol. The fraction of sp³-hybridized carbons (Fsp3) is 0.867. The molecule has 38 heavy (non-hydrogen) atoms. The van der Waals surface area contributed by atoms with Crippen LogP contribution < -0.4 is 5.32 Å². The van der Waals surface area contributed by atoms with Crippen LogP contribution in [0.1, 0.15) is 151 Å². The van der Waals surface area contributed by atoms with Crippen molar-refractivity contribution in [3.8, 4) is 0 Å². The van der Waals surface area contributed by atoms with Crippen LogP contribution in [0.25, 0.3) is 0 Å². The molecule has 0 rings (SSSR count). The second-order valence-electron chi connectivity index (χ2n) is 12.3. The molecule has 1 atom stereocenters. The van der Waals surface area contributed by atoms with Crippen molar-refractivity contribution in [3.63, 3.8) is 0 Å². The summed E-state index contributed by atoms with van der Waals surface area (Å²) in [6.07, 6.45) is 15.2. The number of carbonyl (C=O) groups excluding carboxylic acids is 3. The number of carbonyl (C=O) groups is 4. The molecule has 0 aromatic carbocycles. The van der Waals surface area contributed by atoms with Crippen LogP contribution in [0.15, 0.2) is 0 Å². The van der Waals surface area contributed by atoms with Gasteiger partial charge in [-0.15, -0.1) is 0 Å². The van der Waals surface area contributed by atoms with Crippen molar-refractivity contribution in [1.82, 2.24) is 5.32 Å². The molecule has 0 bridgehead atoms. The molecule has 0 aromatic heterocycles. The number of hydrogen-bond acceptors (Lipinski definition) is 6. The van der Waals surface area contributed by atoms with Crippen LogP contribution in [0, 0.1) is 0 Å². The molecule has 0 saturated heterocycles. The highest BCUT2D eigenvalue weighted by atomic mass is 16.6. The largest absolute Gasteiger partial charge is 0.481 e. The van der Waals surface area contributed by atoms with Crippen molar-refractivity contribution in [3.05, 3.63) is 0 Å². The highest BCUT2D eigenvalue weighted by Crippen LogP contribution is 2.15. The van der Waals surface area contributed by atoms with Gasteiger partial charge in [-0.2, -0.15) is 0 Å². The van der Waals surface area contributed by atoms with Crippen LogP contribution in [0.3, 0.4) is 0 Å². The number of rotatable bonds is 21. The number of carboxylic acid groups (broad SMARTS) is 1. The van der Waals surface area contributed by atoms with E-state index in [1.165, 1.54) is 44.9 Å². The molecule has 0 aromatic rings. The first-order valence-corrected chi connectivity index (χ1v) is 14.7. The Labute approximate surface area is 231 Å². The maximum Gasteiger partial charge on any atom is 0.329 e. The van der Waals surface area contributed by atoms with Crippen LogP contribution in [-0.2, 0) is 28.7 Å². The second-order valence-corrected chi connectivity index (χ2v) is 12.3. The maximum atomic E-state index is 12.3. The molecule has 0 unspecified atom stereocenters. The summed E-state index contributed by atoms with van der Waals surface area (Å²) in [5, 5.41) is 11.6. The van der Waals surface area contributed by atoms with Crippen molar-refractivity contribution in [1.29, 1.82) is 0 Å². The molecule has 0 radical (unpaired) electrons. The van der Waals surface area contributed by atoms with Crippen LogP contribution >= 0.6 is 0 Å².